The minimum Gasteiger partial charge on any atom is -0.480 e. The number of pyridine rings is 1. The van der Waals surface area contributed by atoms with E-state index in [4.69, 9.17) is 0 Å². The van der Waals surface area contributed by atoms with Crippen LogP contribution in [0.3, 0.4) is 0 Å². The highest BCUT2D eigenvalue weighted by molar-refractivity contribution is 5.98. The van der Waals surface area contributed by atoms with Gasteiger partial charge in [0.1, 0.15) is 11.6 Å². The number of nitro benzene ring substituents is 1. The Labute approximate surface area is 120 Å². The summed E-state index contributed by atoms with van der Waals surface area (Å²) in [6.45, 7) is 0.624. The van der Waals surface area contributed by atoms with Crippen LogP contribution in [-0.4, -0.2) is 33.6 Å². The quantitative estimate of drug-likeness (QED) is 0.686. The smallest absolute Gasteiger partial charge is 0.326 e. The molecule has 1 unspecified atom stereocenters. The molecule has 3 rings (SSSR count). The monoisotopic (exact) mass is 287 g/mol. The van der Waals surface area contributed by atoms with Crippen LogP contribution in [-0.2, 0) is 4.79 Å². The summed E-state index contributed by atoms with van der Waals surface area (Å²) in [6, 6.07) is 5.86. The van der Waals surface area contributed by atoms with E-state index < -0.39 is 16.9 Å². The number of carboxylic acid groups (broad SMARTS) is 1. The fraction of sp³-hybridized carbons (Fsp3) is 0.286. The Morgan fingerprint density at radius 2 is 2.24 bits per heavy atom. The van der Waals surface area contributed by atoms with Crippen molar-refractivity contribution < 1.29 is 14.8 Å². The number of nitro groups is 1. The van der Waals surface area contributed by atoms with Crippen molar-refractivity contribution in [1.82, 2.24) is 4.98 Å². The Morgan fingerprint density at radius 1 is 1.43 bits per heavy atom. The molecule has 1 saturated heterocycles. The minimum atomic E-state index is -0.872. The van der Waals surface area contributed by atoms with Crippen LogP contribution in [0.2, 0.25) is 0 Å². The van der Waals surface area contributed by atoms with Crippen molar-refractivity contribution in [2.75, 3.05) is 11.4 Å². The molecule has 1 aliphatic rings. The Morgan fingerprint density at radius 3 is 2.95 bits per heavy atom. The molecule has 2 aromatic rings. The van der Waals surface area contributed by atoms with E-state index in [0.29, 0.717) is 24.0 Å². The average molecular weight is 287 g/mol. The Bertz CT molecular complexity index is 731. The van der Waals surface area contributed by atoms with Gasteiger partial charge in [-0.25, -0.2) is 9.78 Å². The lowest BCUT2D eigenvalue weighted by molar-refractivity contribution is -0.383. The molecule has 0 radical (unpaired) electrons. The number of anilines is 1. The van der Waals surface area contributed by atoms with Gasteiger partial charge in [-0.05, 0) is 18.9 Å². The van der Waals surface area contributed by atoms with Crippen LogP contribution in [0, 0.1) is 10.1 Å². The minimum absolute atomic E-state index is 0.0691. The van der Waals surface area contributed by atoms with E-state index >= 15 is 0 Å². The number of hydrogen-bond acceptors (Lipinski definition) is 5. The highest BCUT2D eigenvalue weighted by Crippen LogP contribution is 2.34. The summed E-state index contributed by atoms with van der Waals surface area (Å²) in [7, 11) is 0. The largest absolute Gasteiger partial charge is 0.480 e. The van der Waals surface area contributed by atoms with Gasteiger partial charge in [-0.1, -0.05) is 12.1 Å². The lowest BCUT2D eigenvalue weighted by atomic mass is 10.1. The van der Waals surface area contributed by atoms with Gasteiger partial charge in [0.25, 0.3) is 5.69 Å². The highest BCUT2D eigenvalue weighted by Gasteiger charge is 2.32. The van der Waals surface area contributed by atoms with E-state index in [2.05, 4.69) is 4.98 Å². The van der Waals surface area contributed by atoms with Gasteiger partial charge in [-0.3, -0.25) is 10.1 Å². The molecule has 0 spiro atoms. The molecular weight excluding hydrogens is 274 g/mol. The summed E-state index contributed by atoms with van der Waals surface area (Å²) in [5, 5.41) is 21.0. The van der Waals surface area contributed by atoms with Gasteiger partial charge in [-0.15, -0.1) is 0 Å². The first-order valence-corrected chi connectivity index (χ1v) is 6.61. The van der Waals surface area contributed by atoms with E-state index in [1.807, 2.05) is 0 Å². The molecule has 0 amide bonds. The van der Waals surface area contributed by atoms with Crippen LogP contribution >= 0.6 is 0 Å². The number of nitrogens with zero attached hydrogens (tertiary/aromatic N) is 3. The molecule has 7 heteroatoms. The number of hydrogen-bond donors (Lipinski definition) is 1. The second-order valence-electron chi connectivity index (χ2n) is 4.95. The van der Waals surface area contributed by atoms with E-state index in [1.165, 1.54) is 12.3 Å². The molecule has 0 bridgehead atoms. The Kier molecular flexibility index (Phi) is 3.17. The first-order valence-electron chi connectivity index (χ1n) is 6.61. The predicted octanol–water partition coefficient (Wildman–Crippen LogP) is 2.20. The van der Waals surface area contributed by atoms with Crippen LogP contribution < -0.4 is 4.90 Å². The standard InChI is InChI=1S/C14H13N3O4/c18-14(19)12-5-2-8-16(12)10-6-7-15-13-9(10)3-1-4-11(13)17(20)21/h1,3-4,6-7,12H,2,5,8H2,(H,18,19). The van der Waals surface area contributed by atoms with E-state index in [9.17, 15) is 20.0 Å². The maximum absolute atomic E-state index is 11.3. The molecule has 1 aromatic heterocycles. The molecule has 1 aromatic carbocycles. The van der Waals surface area contributed by atoms with Crippen LogP contribution in [0.4, 0.5) is 11.4 Å². The zero-order valence-electron chi connectivity index (χ0n) is 11.1. The van der Waals surface area contributed by atoms with Crippen LogP contribution in [0.25, 0.3) is 10.9 Å². The zero-order valence-corrected chi connectivity index (χ0v) is 11.1. The molecule has 0 saturated carbocycles. The number of rotatable bonds is 3. The molecule has 1 N–H and O–H groups in total. The molecule has 1 aliphatic heterocycles. The molecule has 108 valence electrons. The van der Waals surface area contributed by atoms with Gasteiger partial charge in [0.15, 0.2) is 0 Å². The van der Waals surface area contributed by atoms with E-state index in [1.54, 1.807) is 23.1 Å². The lowest BCUT2D eigenvalue weighted by Crippen LogP contribution is -2.36. The third-order valence-corrected chi connectivity index (χ3v) is 3.77. The first kappa shape index (κ1) is 13.3. The lowest BCUT2D eigenvalue weighted by Gasteiger charge is -2.24. The second-order valence-corrected chi connectivity index (χ2v) is 4.95. The summed E-state index contributed by atoms with van der Waals surface area (Å²) in [5.74, 6) is -0.872. The fourth-order valence-electron chi connectivity index (χ4n) is 2.86. The number of carboxylic acids is 1. The van der Waals surface area contributed by atoms with Gasteiger partial charge in [0.2, 0.25) is 0 Å². The number of non-ortho nitro benzene ring substituents is 1. The van der Waals surface area contributed by atoms with Crippen molar-refractivity contribution in [3.63, 3.8) is 0 Å². The van der Waals surface area contributed by atoms with Crippen LogP contribution in [0.15, 0.2) is 30.5 Å². The fourth-order valence-corrected chi connectivity index (χ4v) is 2.86. The van der Waals surface area contributed by atoms with Gasteiger partial charge >= 0.3 is 5.97 Å². The maximum Gasteiger partial charge on any atom is 0.326 e. The number of fused-ring (bicyclic) bond motifs is 1. The van der Waals surface area contributed by atoms with Crippen molar-refractivity contribution in [3.8, 4) is 0 Å². The number of aliphatic carboxylic acids is 1. The van der Waals surface area contributed by atoms with Crippen molar-refractivity contribution in [2.45, 2.75) is 18.9 Å². The second kappa shape index (κ2) is 5.01. The first-order chi connectivity index (χ1) is 10.1. The van der Waals surface area contributed by atoms with E-state index in [0.717, 1.165) is 6.42 Å². The van der Waals surface area contributed by atoms with Gasteiger partial charge in [0, 0.05) is 29.9 Å². The molecule has 21 heavy (non-hydrogen) atoms. The Balaban J connectivity index is 2.18. The summed E-state index contributed by atoms with van der Waals surface area (Å²) in [4.78, 5) is 27.8. The predicted molar refractivity (Wildman–Crippen MR) is 76.4 cm³/mol. The van der Waals surface area contributed by atoms with Crippen molar-refractivity contribution in [3.05, 3.63) is 40.6 Å². The van der Waals surface area contributed by atoms with Crippen molar-refractivity contribution >= 4 is 28.2 Å². The molecular formula is C14H13N3O4. The average Bonchev–Trinajstić information content (AvgIpc) is 2.95. The van der Waals surface area contributed by atoms with Crippen LogP contribution in [0.5, 0.6) is 0 Å². The third-order valence-electron chi connectivity index (χ3n) is 3.77. The summed E-state index contributed by atoms with van der Waals surface area (Å²) >= 11 is 0. The van der Waals surface area contributed by atoms with Gasteiger partial charge < -0.3 is 10.0 Å². The van der Waals surface area contributed by atoms with Crippen LogP contribution in [0.1, 0.15) is 12.8 Å². The topological polar surface area (TPSA) is 96.6 Å². The number of benzene rings is 1. The molecule has 0 aliphatic carbocycles. The third kappa shape index (κ3) is 2.16. The molecule has 2 heterocycles. The summed E-state index contributed by atoms with van der Waals surface area (Å²) in [5.41, 5.74) is 0.907. The molecule has 7 nitrogen and oxygen atoms in total. The number of carbonyl (C=O) groups is 1. The maximum atomic E-state index is 11.3. The van der Waals surface area contributed by atoms with Crippen molar-refractivity contribution in [1.29, 1.82) is 0 Å². The van der Waals surface area contributed by atoms with Gasteiger partial charge in [-0.2, -0.15) is 0 Å². The molecule has 1 atom stereocenters. The zero-order chi connectivity index (χ0) is 15.0. The Hall–Kier alpha value is -2.70. The van der Waals surface area contributed by atoms with Gasteiger partial charge in [0.05, 0.1) is 4.92 Å². The number of para-hydroxylation sites is 1. The number of aromatic nitrogens is 1. The summed E-state index contributed by atoms with van der Waals surface area (Å²) in [6.07, 6.45) is 2.85. The highest BCUT2D eigenvalue weighted by atomic mass is 16.6. The van der Waals surface area contributed by atoms with Crippen molar-refractivity contribution in [2.24, 2.45) is 0 Å². The molecule has 1 fully saturated rings. The SMILES string of the molecule is O=C(O)C1CCCN1c1ccnc2c([N+](=O)[O-])cccc12. The summed E-state index contributed by atoms with van der Waals surface area (Å²) < 4.78 is 0. The normalized spacial score (nSPS) is 18.1. The van der Waals surface area contributed by atoms with E-state index in [-0.39, 0.29) is 11.2 Å².